The zero-order valence-corrected chi connectivity index (χ0v) is 15.8. The summed E-state index contributed by atoms with van der Waals surface area (Å²) in [6, 6.07) is 15.1. The highest BCUT2D eigenvalue weighted by molar-refractivity contribution is 5.97. The molecule has 0 amide bonds. The van der Waals surface area contributed by atoms with Crippen LogP contribution >= 0.6 is 0 Å². The Morgan fingerprint density at radius 1 is 1.07 bits per heavy atom. The second kappa shape index (κ2) is 8.61. The van der Waals surface area contributed by atoms with E-state index in [0.717, 1.165) is 28.7 Å². The highest BCUT2D eigenvalue weighted by Gasteiger charge is 2.16. The third-order valence-electron chi connectivity index (χ3n) is 4.53. The molecular formula is C22H21FN2O3. The van der Waals surface area contributed by atoms with E-state index in [9.17, 15) is 14.0 Å². The van der Waals surface area contributed by atoms with Gasteiger partial charge >= 0.3 is 5.97 Å². The summed E-state index contributed by atoms with van der Waals surface area (Å²) in [5.41, 5.74) is 3.94. The summed E-state index contributed by atoms with van der Waals surface area (Å²) in [6.45, 7) is 3.46. The zero-order valence-electron chi connectivity index (χ0n) is 15.8. The summed E-state index contributed by atoms with van der Waals surface area (Å²) in [6.07, 6.45) is 0.607. The van der Waals surface area contributed by atoms with E-state index in [4.69, 9.17) is 4.74 Å². The van der Waals surface area contributed by atoms with E-state index >= 15 is 0 Å². The molecule has 5 nitrogen and oxygen atoms in total. The van der Waals surface area contributed by atoms with Gasteiger partial charge < -0.3 is 4.74 Å². The number of para-hydroxylation sites is 1. The number of ether oxygens (including phenoxy) is 1. The second-order valence-corrected chi connectivity index (χ2v) is 6.49. The maximum atomic E-state index is 13.2. The highest BCUT2D eigenvalue weighted by atomic mass is 19.1. The average molecular weight is 380 g/mol. The number of hydrogen-bond donors (Lipinski definition) is 0. The molecule has 0 N–H and O–H groups in total. The Hall–Kier alpha value is -3.28. The minimum Gasteiger partial charge on any atom is -0.457 e. The molecule has 0 aliphatic heterocycles. The number of ketones is 1. The number of halogens is 1. The van der Waals surface area contributed by atoms with Gasteiger partial charge in [-0.1, -0.05) is 30.3 Å². The van der Waals surface area contributed by atoms with Gasteiger partial charge in [0.1, 0.15) is 5.82 Å². The van der Waals surface area contributed by atoms with Crippen LogP contribution in [0.5, 0.6) is 0 Å². The quantitative estimate of drug-likeness (QED) is 0.459. The Morgan fingerprint density at radius 3 is 2.54 bits per heavy atom. The van der Waals surface area contributed by atoms with Crippen molar-refractivity contribution in [1.29, 1.82) is 0 Å². The van der Waals surface area contributed by atoms with Crippen LogP contribution < -0.4 is 0 Å². The lowest BCUT2D eigenvalue weighted by atomic mass is 10.1. The molecule has 0 aliphatic rings. The van der Waals surface area contributed by atoms with Crippen molar-refractivity contribution in [2.75, 3.05) is 6.61 Å². The van der Waals surface area contributed by atoms with Crippen LogP contribution in [0.25, 0.3) is 5.69 Å². The maximum absolute atomic E-state index is 13.2. The van der Waals surface area contributed by atoms with Crippen molar-refractivity contribution in [3.8, 4) is 5.69 Å². The first-order valence-electron chi connectivity index (χ1n) is 9.00. The second-order valence-electron chi connectivity index (χ2n) is 6.49. The van der Waals surface area contributed by atoms with Crippen LogP contribution in [0.2, 0.25) is 0 Å². The molecule has 0 aliphatic carbocycles. The van der Waals surface area contributed by atoms with Crippen molar-refractivity contribution in [2.24, 2.45) is 0 Å². The molecule has 0 saturated carbocycles. The Labute approximate surface area is 162 Å². The first-order valence-corrected chi connectivity index (χ1v) is 9.00. The fourth-order valence-corrected chi connectivity index (χ4v) is 3.05. The van der Waals surface area contributed by atoms with Gasteiger partial charge in [-0.25, -0.2) is 9.07 Å². The van der Waals surface area contributed by atoms with Crippen LogP contribution in [0.3, 0.4) is 0 Å². The summed E-state index contributed by atoms with van der Waals surface area (Å²) >= 11 is 0. The molecule has 0 fully saturated rings. The van der Waals surface area contributed by atoms with E-state index in [0.29, 0.717) is 6.42 Å². The number of nitrogens with zero attached hydrogens (tertiary/aromatic N) is 2. The lowest BCUT2D eigenvalue weighted by Gasteiger charge is -2.06. The Bertz CT molecular complexity index is 996. The normalized spacial score (nSPS) is 10.7. The highest BCUT2D eigenvalue weighted by Crippen LogP contribution is 2.19. The van der Waals surface area contributed by atoms with Gasteiger partial charge in [-0.2, -0.15) is 5.10 Å². The van der Waals surface area contributed by atoms with E-state index in [1.54, 1.807) is 0 Å². The van der Waals surface area contributed by atoms with Crippen molar-refractivity contribution in [3.05, 3.63) is 82.9 Å². The number of Topliss-reactive ketones (excluding diaryl/α,β-unsaturated/α-hetero) is 1. The predicted octanol–water partition coefficient (Wildman–Crippen LogP) is 3.99. The van der Waals surface area contributed by atoms with Gasteiger partial charge in [0.2, 0.25) is 0 Å². The number of carbonyl (C=O) groups excluding carboxylic acids is 2. The first-order chi connectivity index (χ1) is 13.5. The van der Waals surface area contributed by atoms with Crippen LogP contribution in [0, 0.1) is 19.7 Å². The van der Waals surface area contributed by atoms with Gasteiger partial charge in [0.15, 0.2) is 12.4 Å². The minimum absolute atomic E-state index is 0.137. The largest absolute Gasteiger partial charge is 0.457 e. The molecule has 0 spiro atoms. The fraction of sp³-hybridized carbons (Fsp3) is 0.227. The van der Waals surface area contributed by atoms with E-state index in [-0.39, 0.29) is 12.0 Å². The van der Waals surface area contributed by atoms with Gasteiger partial charge in [0.25, 0.3) is 0 Å². The van der Waals surface area contributed by atoms with E-state index < -0.39 is 24.2 Å². The topological polar surface area (TPSA) is 61.2 Å². The number of rotatable bonds is 7. The van der Waals surface area contributed by atoms with Crippen molar-refractivity contribution in [3.63, 3.8) is 0 Å². The number of esters is 1. The number of hydrogen-bond acceptors (Lipinski definition) is 4. The van der Waals surface area contributed by atoms with E-state index in [1.807, 2.05) is 48.9 Å². The molecule has 0 saturated heterocycles. The Balaban J connectivity index is 1.58. The Kier molecular flexibility index (Phi) is 5.99. The van der Waals surface area contributed by atoms with Crippen molar-refractivity contribution in [1.82, 2.24) is 9.78 Å². The lowest BCUT2D eigenvalue weighted by Crippen LogP contribution is -2.15. The molecule has 144 valence electrons. The van der Waals surface area contributed by atoms with E-state index in [1.165, 1.54) is 18.2 Å². The first kappa shape index (κ1) is 19.5. The molecule has 3 aromatic rings. The molecule has 1 heterocycles. The van der Waals surface area contributed by atoms with Gasteiger partial charge in [-0.15, -0.1) is 0 Å². The van der Waals surface area contributed by atoms with Crippen LogP contribution in [-0.4, -0.2) is 28.1 Å². The zero-order chi connectivity index (χ0) is 20.1. The summed E-state index contributed by atoms with van der Waals surface area (Å²) < 4.78 is 20.1. The fourth-order valence-electron chi connectivity index (χ4n) is 3.05. The van der Waals surface area contributed by atoms with Crippen LogP contribution in [-0.2, 0) is 16.0 Å². The number of carbonyl (C=O) groups is 2. The minimum atomic E-state index is -0.501. The number of aromatic nitrogens is 2. The molecule has 28 heavy (non-hydrogen) atoms. The van der Waals surface area contributed by atoms with Gasteiger partial charge in [-0.05, 0) is 50.1 Å². The third-order valence-corrected chi connectivity index (χ3v) is 4.53. The van der Waals surface area contributed by atoms with Crippen molar-refractivity contribution < 1.29 is 18.7 Å². The third kappa shape index (κ3) is 4.52. The molecule has 0 unspecified atom stereocenters. The molecular weight excluding hydrogens is 359 g/mol. The monoisotopic (exact) mass is 380 g/mol. The molecule has 0 bridgehead atoms. The summed E-state index contributed by atoms with van der Waals surface area (Å²) in [7, 11) is 0. The number of aryl methyl sites for hydroxylation is 1. The van der Waals surface area contributed by atoms with Gasteiger partial charge in [-0.3, -0.25) is 9.59 Å². The van der Waals surface area contributed by atoms with Gasteiger partial charge in [0.05, 0.1) is 11.4 Å². The maximum Gasteiger partial charge on any atom is 0.306 e. The molecule has 6 heteroatoms. The molecule has 2 aromatic carbocycles. The van der Waals surface area contributed by atoms with Crippen LogP contribution in [0.1, 0.15) is 33.7 Å². The molecule has 3 rings (SSSR count). The van der Waals surface area contributed by atoms with Gasteiger partial charge in [0, 0.05) is 17.7 Å². The average Bonchev–Trinajstić information content (AvgIpc) is 2.98. The SMILES string of the molecule is Cc1nn(-c2ccccc2)c(C)c1CCC(=O)OCC(=O)c1cccc(F)c1. The standard InChI is InChI=1S/C22H21FN2O3/c1-15-20(16(2)25(24-15)19-9-4-3-5-10-19)11-12-22(27)28-14-21(26)17-7-6-8-18(23)13-17/h3-10,13H,11-12,14H2,1-2H3. The van der Waals surface area contributed by atoms with Crippen LogP contribution in [0.15, 0.2) is 54.6 Å². The smallest absolute Gasteiger partial charge is 0.306 e. The number of benzene rings is 2. The molecule has 0 atom stereocenters. The summed E-state index contributed by atoms with van der Waals surface area (Å²) in [5, 5.41) is 4.56. The Morgan fingerprint density at radius 2 is 1.82 bits per heavy atom. The summed E-state index contributed by atoms with van der Waals surface area (Å²) in [5.74, 6) is -1.41. The van der Waals surface area contributed by atoms with Crippen molar-refractivity contribution >= 4 is 11.8 Å². The van der Waals surface area contributed by atoms with Crippen LogP contribution in [0.4, 0.5) is 4.39 Å². The molecule has 0 radical (unpaired) electrons. The predicted molar refractivity (Wildman–Crippen MR) is 103 cm³/mol. The summed E-state index contributed by atoms with van der Waals surface area (Å²) in [4.78, 5) is 24.0. The van der Waals surface area contributed by atoms with Crippen molar-refractivity contribution in [2.45, 2.75) is 26.7 Å². The van der Waals surface area contributed by atoms with E-state index in [2.05, 4.69) is 5.10 Å². The lowest BCUT2D eigenvalue weighted by molar-refractivity contribution is -0.142. The molecule has 1 aromatic heterocycles.